The average molecular weight is 417 g/mol. The fraction of sp³-hybridized carbons (Fsp3) is 0.476. The Balaban J connectivity index is 0.000000806. The van der Waals surface area contributed by atoms with E-state index < -0.39 is 0 Å². The molecule has 2 aliphatic heterocycles. The van der Waals surface area contributed by atoms with E-state index in [9.17, 15) is 4.79 Å². The van der Waals surface area contributed by atoms with Crippen molar-refractivity contribution in [1.29, 1.82) is 0 Å². The molecule has 2 N–H and O–H groups in total. The van der Waals surface area contributed by atoms with Crippen molar-refractivity contribution in [2.24, 2.45) is 0 Å². The zero-order chi connectivity index (χ0) is 21.8. The van der Waals surface area contributed by atoms with E-state index in [0.29, 0.717) is 23.7 Å². The smallest absolute Gasteiger partial charge is 0.290 e. The maximum Gasteiger partial charge on any atom is 0.290 e. The number of hydrogen-bond donors (Lipinski definition) is 2. The molecule has 9 heteroatoms. The number of fused-ring (bicyclic) bond motifs is 2. The van der Waals surface area contributed by atoms with Gasteiger partial charge in [-0.2, -0.15) is 5.10 Å². The Morgan fingerprint density at radius 1 is 1.37 bits per heavy atom. The Hall–Kier alpha value is -3.23. The first kappa shape index (κ1) is 21.5. The van der Waals surface area contributed by atoms with Crippen LogP contribution in [0.4, 0.5) is 5.82 Å². The van der Waals surface area contributed by atoms with Crippen molar-refractivity contribution in [2.45, 2.75) is 52.0 Å². The van der Waals surface area contributed by atoms with Gasteiger partial charge in [0.1, 0.15) is 5.82 Å². The molecule has 0 spiro atoms. The first-order valence-electron chi connectivity index (χ1n) is 9.93. The van der Waals surface area contributed by atoms with Crippen LogP contribution in [0.15, 0.2) is 12.1 Å². The molecular formula is C21H27N3O6. The van der Waals surface area contributed by atoms with Crippen molar-refractivity contribution in [2.75, 3.05) is 19.2 Å². The van der Waals surface area contributed by atoms with Gasteiger partial charge < -0.3 is 24.6 Å². The lowest BCUT2D eigenvalue weighted by atomic mass is 9.85. The van der Waals surface area contributed by atoms with Crippen LogP contribution in [0.5, 0.6) is 17.2 Å². The number of aromatic nitrogens is 2. The molecule has 0 aliphatic carbocycles. The van der Waals surface area contributed by atoms with Gasteiger partial charge in [0.15, 0.2) is 11.5 Å². The number of ether oxygens (including phenoxy) is 3. The molecule has 162 valence electrons. The van der Waals surface area contributed by atoms with E-state index >= 15 is 0 Å². The molecule has 0 saturated heterocycles. The number of aryl methyl sites for hydroxylation is 1. The normalized spacial score (nSPS) is 16.4. The summed E-state index contributed by atoms with van der Waals surface area (Å²) in [6.07, 6.45) is 2.29. The second kappa shape index (κ2) is 9.06. The zero-order valence-corrected chi connectivity index (χ0v) is 17.6. The largest absolute Gasteiger partial charge is 0.493 e. The van der Waals surface area contributed by atoms with Crippen LogP contribution in [0.25, 0.3) is 0 Å². The van der Waals surface area contributed by atoms with Crippen LogP contribution in [0, 0.1) is 6.92 Å². The molecule has 0 bridgehead atoms. The Morgan fingerprint density at radius 2 is 2.07 bits per heavy atom. The Kier molecular flexibility index (Phi) is 6.49. The van der Waals surface area contributed by atoms with Gasteiger partial charge in [-0.05, 0) is 37.5 Å². The van der Waals surface area contributed by atoms with Gasteiger partial charge in [-0.3, -0.25) is 9.59 Å². The molecule has 3 heterocycles. The van der Waals surface area contributed by atoms with Gasteiger partial charge in [-0.1, -0.05) is 13.8 Å². The third kappa shape index (κ3) is 3.79. The molecule has 1 aromatic heterocycles. The number of carbonyl (C=O) groups is 2. The van der Waals surface area contributed by atoms with Gasteiger partial charge in [-0.25, -0.2) is 4.68 Å². The third-order valence-corrected chi connectivity index (χ3v) is 5.50. The number of hydrogen-bond acceptors (Lipinski definition) is 6. The van der Waals surface area contributed by atoms with Crippen LogP contribution in [-0.4, -0.2) is 41.2 Å². The minimum absolute atomic E-state index is 0.00348. The number of nitrogens with one attached hydrogen (secondary N) is 1. The lowest BCUT2D eigenvalue weighted by molar-refractivity contribution is -0.123. The van der Waals surface area contributed by atoms with E-state index in [1.807, 2.05) is 23.7 Å². The lowest BCUT2D eigenvalue weighted by Gasteiger charge is -2.26. The van der Waals surface area contributed by atoms with Crippen molar-refractivity contribution in [3.8, 4) is 17.2 Å². The number of benzene rings is 1. The summed E-state index contributed by atoms with van der Waals surface area (Å²) >= 11 is 0. The highest BCUT2D eigenvalue weighted by atomic mass is 16.7. The minimum atomic E-state index is -0.250. The van der Waals surface area contributed by atoms with Gasteiger partial charge in [0.25, 0.3) is 6.47 Å². The fourth-order valence-electron chi connectivity index (χ4n) is 4.11. The maximum absolute atomic E-state index is 12.5. The van der Waals surface area contributed by atoms with E-state index in [4.69, 9.17) is 29.2 Å². The van der Waals surface area contributed by atoms with Crippen LogP contribution in [0.2, 0.25) is 0 Å². The van der Waals surface area contributed by atoms with Gasteiger partial charge in [0, 0.05) is 17.9 Å². The number of carboxylic acid groups (broad SMARTS) is 1. The van der Waals surface area contributed by atoms with E-state index in [1.165, 1.54) is 0 Å². The predicted octanol–water partition coefficient (Wildman–Crippen LogP) is 3.46. The predicted molar refractivity (Wildman–Crippen MR) is 109 cm³/mol. The molecule has 1 aromatic carbocycles. The highest BCUT2D eigenvalue weighted by Gasteiger charge is 2.35. The number of amides is 1. The van der Waals surface area contributed by atoms with Crippen molar-refractivity contribution >= 4 is 18.2 Å². The Bertz CT molecular complexity index is 935. The summed E-state index contributed by atoms with van der Waals surface area (Å²) in [6.45, 7) is 6.22. The summed E-state index contributed by atoms with van der Waals surface area (Å²) < 4.78 is 18.5. The minimum Gasteiger partial charge on any atom is -0.493 e. The zero-order valence-electron chi connectivity index (χ0n) is 17.6. The summed E-state index contributed by atoms with van der Waals surface area (Å²) in [6, 6.07) is 4.15. The number of nitrogens with zero attached hydrogens (tertiary/aromatic N) is 2. The molecule has 1 atom stereocenters. The fourth-order valence-corrected chi connectivity index (χ4v) is 4.11. The van der Waals surface area contributed by atoms with Gasteiger partial charge >= 0.3 is 0 Å². The summed E-state index contributed by atoms with van der Waals surface area (Å²) in [4.78, 5) is 20.9. The number of methoxy groups -OCH3 is 1. The first-order chi connectivity index (χ1) is 14.5. The van der Waals surface area contributed by atoms with Crippen LogP contribution in [0.3, 0.4) is 0 Å². The summed E-state index contributed by atoms with van der Waals surface area (Å²) in [7, 11) is 1.61. The molecule has 2 aromatic rings. The second-order valence-electron chi connectivity index (χ2n) is 7.13. The summed E-state index contributed by atoms with van der Waals surface area (Å²) in [5, 5.41) is 14.7. The van der Waals surface area contributed by atoms with Gasteiger partial charge in [0.2, 0.25) is 18.4 Å². The van der Waals surface area contributed by atoms with E-state index in [2.05, 4.69) is 19.2 Å². The lowest BCUT2D eigenvalue weighted by Crippen LogP contribution is -2.26. The van der Waals surface area contributed by atoms with Crippen LogP contribution in [0.1, 0.15) is 61.9 Å². The third-order valence-electron chi connectivity index (χ3n) is 5.50. The molecular weight excluding hydrogens is 390 g/mol. The van der Waals surface area contributed by atoms with Gasteiger partial charge in [-0.15, -0.1) is 0 Å². The molecule has 1 unspecified atom stereocenters. The highest BCUT2D eigenvalue weighted by molar-refractivity contribution is 5.94. The van der Waals surface area contributed by atoms with E-state index in [1.54, 1.807) is 7.11 Å². The highest BCUT2D eigenvalue weighted by Crippen LogP contribution is 2.47. The van der Waals surface area contributed by atoms with Crippen LogP contribution < -0.4 is 19.5 Å². The van der Waals surface area contributed by atoms with Crippen molar-refractivity contribution in [3.63, 3.8) is 0 Å². The molecule has 4 rings (SSSR count). The van der Waals surface area contributed by atoms with Crippen molar-refractivity contribution in [1.82, 2.24) is 9.78 Å². The number of carbonyl (C=O) groups excluding carboxylic acids is 1. The molecule has 0 radical (unpaired) electrons. The number of anilines is 1. The SMILES string of the molecule is CCC(CC)n1nc(C)c2c1NC(=O)CC2c1cc(OC)c2c(c1)OCO2.O=CO. The molecule has 2 aliphatic rings. The summed E-state index contributed by atoms with van der Waals surface area (Å²) in [5.41, 5.74) is 2.99. The second-order valence-corrected chi connectivity index (χ2v) is 7.13. The quantitative estimate of drug-likeness (QED) is 0.717. The molecule has 0 saturated carbocycles. The van der Waals surface area contributed by atoms with E-state index in [0.717, 1.165) is 35.5 Å². The summed E-state index contributed by atoms with van der Waals surface area (Å²) in [5.74, 6) is 2.61. The number of rotatable bonds is 5. The van der Waals surface area contributed by atoms with Crippen LogP contribution >= 0.6 is 0 Å². The van der Waals surface area contributed by atoms with Crippen molar-refractivity contribution < 1.29 is 28.9 Å². The van der Waals surface area contributed by atoms with Gasteiger partial charge in [0.05, 0.1) is 18.8 Å². The maximum atomic E-state index is 12.5. The molecule has 0 fully saturated rings. The Labute approximate surface area is 174 Å². The average Bonchev–Trinajstić information content (AvgIpc) is 3.33. The molecule has 30 heavy (non-hydrogen) atoms. The monoisotopic (exact) mass is 417 g/mol. The topological polar surface area (TPSA) is 112 Å². The van der Waals surface area contributed by atoms with Crippen LogP contribution in [-0.2, 0) is 9.59 Å². The van der Waals surface area contributed by atoms with Crippen molar-refractivity contribution in [3.05, 3.63) is 29.0 Å². The Morgan fingerprint density at radius 3 is 2.70 bits per heavy atom. The molecule has 1 amide bonds. The first-order valence-corrected chi connectivity index (χ1v) is 9.93. The molecule has 9 nitrogen and oxygen atoms in total. The standard InChI is InChI=1S/C20H25N3O4.CH2O2/c1-5-13(6-2)23-20-18(11(3)22-23)14(9-17(24)21-20)12-7-15(25-4)19-16(8-12)26-10-27-19;2-1-3/h7-8,13-14H,5-6,9-10H2,1-4H3,(H,21,24);1H,(H,2,3). The van der Waals surface area contributed by atoms with E-state index in [-0.39, 0.29) is 31.1 Å².